The number of rotatable bonds is 9. The van der Waals surface area contributed by atoms with Crippen LogP contribution in [0.4, 0.5) is 0 Å². The average molecular weight is 304 g/mol. The fourth-order valence-electron chi connectivity index (χ4n) is 1.68. The van der Waals surface area contributed by atoms with Gasteiger partial charge >= 0.3 is 0 Å². The van der Waals surface area contributed by atoms with Crippen molar-refractivity contribution in [3.8, 4) is 0 Å². The van der Waals surface area contributed by atoms with E-state index in [-0.39, 0.29) is 5.75 Å². The Kier molecular flexibility index (Phi) is 6.99. The Hall–Kier alpha value is -0.430. The quantitative estimate of drug-likeness (QED) is 0.688. The van der Waals surface area contributed by atoms with Gasteiger partial charge in [0.2, 0.25) is 10.0 Å². The van der Waals surface area contributed by atoms with Gasteiger partial charge in [0.1, 0.15) is 0 Å². The van der Waals surface area contributed by atoms with Crippen LogP contribution in [0.2, 0.25) is 0 Å². The highest BCUT2D eigenvalue weighted by molar-refractivity contribution is 7.89. The molecule has 0 amide bonds. The van der Waals surface area contributed by atoms with E-state index in [1.165, 1.54) is 10.4 Å². The molecule has 0 fully saturated rings. The first-order valence-corrected chi connectivity index (χ1v) is 9.15. The molecule has 1 heterocycles. The topological polar surface area (TPSA) is 58.2 Å². The second kappa shape index (κ2) is 7.99. The standard InChI is InChI=1S/C13H24N2O2S2/c1-4-6-14-7-5-8-19(16,17)15-10-13-9-11(2)12(3)18-13/h9,14-15H,4-8,10H2,1-3H3. The minimum atomic E-state index is -3.15. The minimum absolute atomic E-state index is 0.188. The van der Waals surface area contributed by atoms with Gasteiger partial charge in [-0.15, -0.1) is 11.3 Å². The highest BCUT2D eigenvalue weighted by atomic mass is 32.2. The molecule has 0 aliphatic heterocycles. The lowest BCUT2D eigenvalue weighted by Gasteiger charge is -2.06. The van der Waals surface area contributed by atoms with Gasteiger partial charge in [0.25, 0.3) is 0 Å². The summed E-state index contributed by atoms with van der Waals surface area (Å²) in [6, 6.07) is 2.05. The number of aryl methyl sites for hydroxylation is 2. The predicted molar refractivity (Wildman–Crippen MR) is 82.2 cm³/mol. The van der Waals surface area contributed by atoms with Crippen molar-refractivity contribution in [3.05, 3.63) is 21.4 Å². The van der Waals surface area contributed by atoms with Crippen molar-refractivity contribution in [3.63, 3.8) is 0 Å². The van der Waals surface area contributed by atoms with Crippen LogP contribution >= 0.6 is 11.3 Å². The van der Waals surface area contributed by atoms with Crippen LogP contribution in [0.15, 0.2) is 6.07 Å². The molecule has 0 spiro atoms. The van der Waals surface area contributed by atoms with Crippen LogP contribution in [0, 0.1) is 13.8 Å². The Bertz CT molecular complexity index is 461. The Morgan fingerprint density at radius 1 is 1.26 bits per heavy atom. The van der Waals surface area contributed by atoms with Crippen molar-refractivity contribution < 1.29 is 8.42 Å². The van der Waals surface area contributed by atoms with Crippen molar-refractivity contribution in [1.82, 2.24) is 10.0 Å². The summed E-state index contributed by atoms with van der Waals surface area (Å²) in [5.41, 5.74) is 1.22. The van der Waals surface area contributed by atoms with E-state index in [0.29, 0.717) is 13.0 Å². The Morgan fingerprint density at radius 2 is 2.00 bits per heavy atom. The predicted octanol–water partition coefficient (Wildman–Crippen LogP) is 2.17. The molecule has 110 valence electrons. The fourth-order valence-corrected chi connectivity index (χ4v) is 3.81. The zero-order valence-electron chi connectivity index (χ0n) is 12.0. The normalized spacial score (nSPS) is 11.9. The van der Waals surface area contributed by atoms with Gasteiger partial charge in [-0.1, -0.05) is 6.92 Å². The largest absolute Gasteiger partial charge is 0.317 e. The molecule has 6 heteroatoms. The summed E-state index contributed by atoms with van der Waals surface area (Å²) in [5, 5.41) is 3.20. The summed E-state index contributed by atoms with van der Waals surface area (Å²) in [6.07, 6.45) is 1.72. The third-order valence-corrected chi connectivity index (χ3v) is 5.44. The van der Waals surface area contributed by atoms with E-state index in [9.17, 15) is 8.42 Å². The molecule has 0 unspecified atom stereocenters. The monoisotopic (exact) mass is 304 g/mol. The third kappa shape index (κ3) is 6.51. The van der Waals surface area contributed by atoms with Gasteiger partial charge in [-0.05, 0) is 51.4 Å². The van der Waals surface area contributed by atoms with Crippen molar-refractivity contribution in [2.24, 2.45) is 0 Å². The van der Waals surface area contributed by atoms with Gasteiger partial charge in [-0.3, -0.25) is 0 Å². The van der Waals surface area contributed by atoms with Crippen molar-refractivity contribution in [2.45, 2.75) is 40.2 Å². The number of thiophene rings is 1. The van der Waals surface area contributed by atoms with E-state index in [1.807, 2.05) is 13.0 Å². The van der Waals surface area contributed by atoms with Crippen LogP contribution in [0.1, 0.15) is 35.1 Å². The van der Waals surface area contributed by atoms with Crippen LogP contribution in [0.3, 0.4) is 0 Å². The first-order valence-electron chi connectivity index (χ1n) is 6.68. The van der Waals surface area contributed by atoms with Gasteiger partial charge in [-0.25, -0.2) is 13.1 Å². The van der Waals surface area contributed by atoms with Crippen LogP contribution in [0.5, 0.6) is 0 Å². The molecule has 2 N–H and O–H groups in total. The maximum Gasteiger partial charge on any atom is 0.211 e. The van der Waals surface area contributed by atoms with E-state index in [2.05, 4.69) is 23.9 Å². The van der Waals surface area contributed by atoms with Crippen molar-refractivity contribution in [2.75, 3.05) is 18.8 Å². The fraction of sp³-hybridized carbons (Fsp3) is 0.692. The lowest BCUT2D eigenvalue weighted by molar-refractivity contribution is 0.574. The maximum absolute atomic E-state index is 11.8. The molecule has 19 heavy (non-hydrogen) atoms. The molecule has 0 bridgehead atoms. The second-order valence-corrected chi connectivity index (χ2v) is 7.96. The number of sulfonamides is 1. The molecule has 1 rings (SSSR count). The molecular weight excluding hydrogens is 280 g/mol. The van der Waals surface area contributed by atoms with Crippen molar-refractivity contribution >= 4 is 21.4 Å². The van der Waals surface area contributed by atoms with E-state index < -0.39 is 10.0 Å². The SMILES string of the molecule is CCCNCCCS(=O)(=O)NCc1cc(C)c(C)s1. The molecule has 0 saturated heterocycles. The molecule has 4 nitrogen and oxygen atoms in total. The highest BCUT2D eigenvalue weighted by Crippen LogP contribution is 2.20. The van der Waals surface area contributed by atoms with Crippen LogP contribution in [-0.2, 0) is 16.6 Å². The average Bonchev–Trinajstić information content (AvgIpc) is 2.66. The highest BCUT2D eigenvalue weighted by Gasteiger charge is 2.10. The van der Waals surface area contributed by atoms with Crippen LogP contribution in [0.25, 0.3) is 0 Å². The van der Waals surface area contributed by atoms with Gasteiger partial charge in [0.15, 0.2) is 0 Å². The Labute approximate surface area is 120 Å². The lowest BCUT2D eigenvalue weighted by Crippen LogP contribution is -2.27. The number of nitrogens with one attached hydrogen (secondary N) is 2. The molecule has 0 aliphatic carbocycles. The van der Waals surface area contributed by atoms with E-state index >= 15 is 0 Å². The van der Waals surface area contributed by atoms with E-state index in [4.69, 9.17) is 0 Å². The Balaban J connectivity index is 2.30. The zero-order chi connectivity index (χ0) is 14.3. The maximum atomic E-state index is 11.8. The summed E-state index contributed by atoms with van der Waals surface area (Å²) in [7, 11) is -3.15. The first kappa shape index (κ1) is 16.6. The van der Waals surface area contributed by atoms with Crippen LogP contribution in [-0.4, -0.2) is 27.3 Å². The first-order chi connectivity index (χ1) is 8.94. The van der Waals surface area contributed by atoms with Gasteiger partial charge < -0.3 is 5.32 Å². The molecule has 0 aromatic carbocycles. The summed E-state index contributed by atoms with van der Waals surface area (Å²) >= 11 is 1.65. The molecule has 0 saturated carbocycles. The number of hydrogen-bond acceptors (Lipinski definition) is 4. The third-order valence-electron chi connectivity index (χ3n) is 2.88. The molecule has 0 atom stereocenters. The van der Waals surface area contributed by atoms with E-state index in [0.717, 1.165) is 24.4 Å². The smallest absolute Gasteiger partial charge is 0.211 e. The van der Waals surface area contributed by atoms with Gasteiger partial charge in [-0.2, -0.15) is 0 Å². The Morgan fingerprint density at radius 3 is 2.58 bits per heavy atom. The van der Waals surface area contributed by atoms with Crippen molar-refractivity contribution in [1.29, 1.82) is 0 Å². The zero-order valence-corrected chi connectivity index (χ0v) is 13.6. The number of hydrogen-bond donors (Lipinski definition) is 2. The molecule has 0 aliphatic rings. The second-order valence-electron chi connectivity index (χ2n) is 4.70. The lowest BCUT2D eigenvalue weighted by atomic mass is 10.3. The molecule has 0 radical (unpaired) electrons. The molecular formula is C13H24N2O2S2. The summed E-state index contributed by atoms with van der Waals surface area (Å²) in [4.78, 5) is 2.32. The summed E-state index contributed by atoms with van der Waals surface area (Å²) < 4.78 is 26.2. The molecule has 1 aromatic rings. The van der Waals surface area contributed by atoms with Crippen LogP contribution < -0.4 is 10.0 Å². The van der Waals surface area contributed by atoms with E-state index in [1.54, 1.807) is 11.3 Å². The minimum Gasteiger partial charge on any atom is -0.317 e. The summed E-state index contributed by atoms with van der Waals surface area (Å²) in [6.45, 7) is 8.30. The molecule has 1 aromatic heterocycles. The van der Waals surface area contributed by atoms with Gasteiger partial charge in [0.05, 0.1) is 5.75 Å². The van der Waals surface area contributed by atoms with Gasteiger partial charge in [0, 0.05) is 16.3 Å². The summed E-state index contributed by atoms with van der Waals surface area (Å²) in [5.74, 6) is 0.188.